The van der Waals surface area contributed by atoms with Crippen LogP contribution in [0.1, 0.15) is 0 Å². The fourth-order valence-electron chi connectivity index (χ4n) is 0.899. The van der Waals surface area contributed by atoms with Gasteiger partial charge in [0.05, 0.1) is 0 Å². The third-order valence-electron chi connectivity index (χ3n) is 1.43. The summed E-state index contributed by atoms with van der Waals surface area (Å²) in [5.74, 6) is 0. The molecule has 0 aliphatic carbocycles. The second kappa shape index (κ2) is 5.92. The van der Waals surface area contributed by atoms with Crippen LogP contribution < -0.4 is 0 Å². The van der Waals surface area contributed by atoms with Crippen LogP contribution in [0.5, 0.6) is 0 Å². The molecule has 0 bridgehead atoms. The molecule has 2 rings (SSSR count). The lowest BCUT2D eigenvalue weighted by molar-refractivity contribution is 0.393. The van der Waals surface area contributed by atoms with E-state index >= 15 is 0 Å². The minimum Gasteiger partial charge on any atom is -0.345 e. The highest BCUT2D eigenvalue weighted by molar-refractivity contribution is 7.71. The highest BCUT2D eigenvalue weighted by Gasteiger charge is 1.98. The normalized spacial score (nSPS) is 9.47. The molecule has 0 fully saturated rings. The van der Waals surface area contributed by atoms with E-state index in [9.17, 15) is 0 Å². The van der Waals surface area contributed by atoms with E-state index in [1.54, 1.807) is 0 Å². The number of hydrogen-bond acceptors (Lipinski definition) is 5. The predicted octanol–water partition coefficient (Wildman–Crippen LogP) is 0.964. The van der Waals surface area contributed by atoms with Gasteiger partial charge < -0.3 is 4.52 Å². The minimum atomic E-state index is -2.12. The summed E-state index contributed by atoms with van der Waals surface area (Å²) in [4.78, 5) is 0. The summed E-state index contributed by atoms with van der Waals surface area (Å²) in [6.45, 7) is 0. The molecule has 1 aromatic carbocycles. The van der Waals surface area contributed by atoms with Gasteiger partial charge in [-0.1, -0.05) is 30.3 Å². The molecule has 5 nitrogen and oxygen atoms in total. The van der Waals surface area contributed by atoms with Crippen LogP contribution in [0.15, 0.2) is 41.1 Å². The topological polar surface area (TPSA) is 73.1 Å². The first-order valence-electron chi connectivity index (χ1n) is 4.10. The van der Waals surface area contributed by atoms with Crippen molar-refractivity contribution in [2.45, 2.75) is 0 Å². The Morgan fingerprint density at radius 2 is 1.80 bits per heavy atom. The Morgan fingerprint density at radius 1 is 1.20 bits per heavy atom. The number of nitrogens with zero attached hydrogens (tertiary/aromatic N) is 2. The van der Waals surface area contributed by atoms with Crippen LogP contribution in [0.3, 0.4) is 0 Å². The van der Waals surface area contributed by atoms with Crippen molar-refractivity contribution in [1.82, 2.24) is 10.4 Å². The first-order valence-corrected chi connectivity index (χ1v) is 5.73. The minimum absolute atomic E-state index is 0.769. The van der Waals surface area contributed by atoms with Crippen LogP contribution in [-0.4, -0.2) is 25.0 Å². The Morgan fingerprint density at radius 3 is 2.27 bits per heavy atom. The lowest BCUT2D eigenvalue weighted by Gasteiger charge is -1.89. The average Bonchev–Trinajstić information content (AvgIpc) is 2.71. The SMILES string of the molecule is C[SH](=O)=O.c1ccc(-c2conn2)cc1. The van der Waals surface area contributed by atoms with Crippen LogP contribution in [0.25, 0.3) is 11.3 Å². The molecular weight excluding hydrogens is 216 g/mol. The van der Waals surface area contributed by atoms with E-state index in [0.717, 1.165) is 17.5 Å². The Bertz CT molecular complexity index is 443. The van der Waals surface area contributed by atoms with Gasteiger partial charge in [-0.2, -0.15) is 0 Å². The first kappa shape index (κ1) is 11.4. The van der Waals surface area contributed by atoms with Crippen LogP contribution in [0.4, 0.5) is 0 Å². The Balaban J connectivity index is 0.000000245. The lowest BCUT2D eigenvalue weighted by atomic mass is 10.2. The third-order valence-corrected chi connectivity index (χ3v) is 1.43. The van der Waals surface area contributed by atoms with Gasteiger partial charge in [-0.3, -0.25) is 0 Å². The molecule has 80 valence electrons. The van der Waals surface area contributed by atoms with Gasteiger partial charge in [0, 0.05) is 17.1 Å². The standard InChI is InChI=1S/C8H6N2O.CH4O2S/c1-2-4-7(5-3-1)8-6-11-10-9-8;1-4(2)3/h1-6H;4H,1H3. The summed E-state index contributed by atoms with van der Waals surface area (Å²) in [5.41, 5.74) is 1.79. The van der Waals surface area contributed by atoms with Crippen molar-refractivity contribution in [3.63, 3.8) is 0 Å². The number of thiol groups is 1. The Hall–Kier alpha value is -1.69. The van der Waals surface area contributed by atoms with E-state index in [-0.39, 0.29) is 0 Å². The van der Waals surface area contributed by atoms with Crippen molar-refractivity contribution in [2.24, 2.45) is 0 Å². The van der Waals surface area contributed by atoms with Crippen molar-refractivity contribution < 1.29 is 12.9 Å². The van der Waals surface area contributed by atoms with Crippen molar-refractivity contribution in [2.75, 3.05) is 6.26 Å². The molecule has 0 radical (unpaired) electrons. The summed E-state index contributed by atoms with van der Waals surface area (Å²) in [6, 6.07) is 9.77. The van der Waals surface area contributed by atoms with Crippen LogP contribution in [0.2, 0.25) is 0 Å². The molecule has 0 aliphatic rings. The van der Waals surface area contributed by atoms with E-state index in [1.165, 1.54) is 6.26 Å². The summed E-state index contributed by atoms with van der Waals surface area (Å²) < 4.78 is 22.7. The summed E-state index contributed by atoms with van der Waals surface area (Å²) >= 11 is 0. The first-order chi connectivity index (χ1) is 7.20. The van der Waals surface area contributed by atoms with Gasteiger partial charge >= 0.3 is 0 Å². The van der Waals surface area contributed by atoms with E-state index in [4.69, 9.17) is 8.42 Å². The second-order valence-electron chi connectivity index (χ2n) is 2.60. The molecule has 0 saturated heterocycles. The smallest absolute Gasteiger partial charge is 0.152 e. The van der Waals surface area contributed by atoms with Crippen LogP contribution >= 0.6 is 0 Å². The van der Waals surface area contributed by atoms with Gasteiger partial charge in [0.2, 0.25) is 0 Å². The number of benzene rings is 1. The van der Waals surface area contributed by atoms with Gasteiger partial charge in [-0.05, 0) is 0 Å². The zero-order chi connectivity index (χ0) is 11.1. The molecule has 0 aliphatic heterocycles. The average molecular weight is 226 g/mol. The van der Waals surface area contributed by atoms with Gasteiger partial charge in [0.15, 0.2) is 6.26 Å². The molecule has 0 spiro atoms. The number of rotatable bonds is 1. The molecule has 0 atom stereocenters. The largest absolute Gasteiger partial charge is 0.345 e. The monoisotopic (exact) mass is 226 g/mol. The molecule has 1 aromatic heterocycles. The van der Waals surface area contributed by atoms with E-state index < -0.39 is 10.7 Å². The predicted molar refractivity (Wildman–Crippen MR) is 56.0 cm³/mol. The lowest BCUT2D eigenvalue weighted by Crippen LogP contribution is -1.75. The van der Waals surface area contributed by atoms with Crippen LogP contribution in [-0.2, 0) is 10.7 Å². The van der Waals surface area contributed by atoms with Gasteiger partial charge in [0.25, 0.3) is 0 Å². The highest BCUT2D eigenvalue weighted by atomic mass is 32.2. The number of aromatic nitrogens is 2. The van der Waals surface area contributed by atoms with Crippen molar-refractivity contribution in [1.29, 1.82) is 0 Å². The summed E-state index contributed by atoms with van der Waals surface area (Å²) in [6.07, 6.45) is 2.64. The Kier molecular flexibility index (Phi) is 4.49. The van der Waals surface area contributed by atoms with Crippen molar-refractivity contribution in [3.8, 4) is 11.3 Å². The molecule has 1 heterocycles. The fraction of sp³-hybridized carbons (Fsp3) is 0.111. The van der Waals surface area contributed by atoms with Gasteiger partial charge in [-0.15, -0.1) is 5.10 Å². The van der Waals surface area contributed by atoms with Gasteiger partial charge in [0.1, 0.15) is 16.4 Å². The fourth-order valence-corrected chi connectivity index (χ4v) is 0.899. The maximum atomic E-state index is 9.04. The zero-order valence-electron chi connectivity index (χ0n) is 8.03. The van der Waals surface area contributed by atoms with Crippen LogP contribution in [0, 0.1) is 0 Å². The number of hydrogen-bond donors (Lipinski definition) is 1. The maximum absolute atomic E-state index is 9.04. The molecule has 0 amide bonds. The Labute approximate surface area is 88.7 Å². The molecule has 0 unspecified atom stereocenters. The van der Waals surface area contributed by atoms with Gasteiger partial charge in [-0.25, -0.2) is 8.42 Å². The molecular formula is C9H10N2O3S. The van der Waals surface area contributed by atoms with E-state index in [2.05, 4.69) is 14.9 Å². The van der Waals surface area contributed by atoms with E-state index in [0.29, 0.717) is 0 Å². The second-order valence-corrected chi connectivity index (χ2v) is 3.48. The molecule has 2 aromatic rings. The molecule has 15 heavy (non-hydrogen) atoms. The third kappa shape index (κ3) is 4.37. The molecule has 0 saturated carbocycles. The maximum Gasteiger partial charge on any atom is 0.152 e. The van der Waals surface area contributed by atoms with Crippen molar-refractivity contribution >= 4 is 10.7 Å². The molecule has 0 N–H and O–H groups in total. The quantitative estimate of drug-likeness (QED) is 0.733. The van der Waals surface area contributed by atoms with E-state index in [1.807, 2.05) is 30.3 Å². The summed E-state index contributed by atoms with van der Waals surface area (Å²) in [5, 5.41) is 7.14. The highest BCUT2D eigenvalue weighted by Crippen LogP contribution is 2.13. The zero-order valence-corrected chi connectivity index (χ0v) is 8.92. The molecule has 6 heteroatoms. The van der Waals surface area contributed by atoms with Crippen molar-refractivity contribution in [3.05, 3.63) is 36.6 Å². The summed E-state index contributed by atoms with van der Waals surface area (Å²) in [7, 11) is -2.12.